The highest BCUT2D eigenvalue weighted by molar-refractivity contribution is 5.97. The summed E-state index contributed by atoms with van der Waals surface area (Å²) < 4.78 is 16.7. The highest BCUT2D eigenvalue weighted by Crippen LogP contribution is 2.32. The Morgan fingerprint density at radius 3 is 2.88 bits per heavy atom. The fourth-order valence-corrected chi connectivity index (χ4v) is 3.42. The van der Waals surface area contributed by atoms with E-state index in [4.69, 9.17) is 19.9 Å². The van der Waals surface area contributed by atoms with Crippen molar-refractivity contribution in [2.45, 2.75) is 12.0 Å². The molecule has 1 aromatic rings. The van der Waals surface area contributed by atoms with Gasteiger partial charge >= 0.3 is 0 Å². The molecule has 2 aliphatic heterocycles. The van der Waals surface area contributed by atoms with Gasteiger partial charge in [0, 0.05) is 26.2 Å². The van der Waals surface area contributed by atoms with Gasteiger partial charge in [0.15, 0.2) is 0 Å². The lowest BCUT2D eigenvalue weighted by Gasteiger charge is -2.38. The molecule has 0 bridgehead atoms. The summed E-state index contributed by atoms with van der Waals surface area (Å²) in [6, 6.07) is 5.13. The van der Waals surface area contributed by atoms with Gasteiger partial charge in [-0.3, -0.25) is 9.59 Å². The predicted octanol–water partition coefficient (Wildman–Crippen LogP) is 0.106. The van der Waals surface area contributed by atoms with Gasteiger partial charge in [0.05, 0.1) is 25.8 Å². The zero-order valence-corrected chi connectivity index (χ0v) is 15.2. The Balaban J connectivity index is 1.76. The van der Waals surface area contributed by atoms with Crippen LogP contribution in [0, 0.1) is 0 Å². The number of likely N-dealkylation sites (N-methyl/N-ethyl adjacent to an activating group) is 1. The Hall–Kier alpha value is -2.32. The number of ether oxygens (including phenoxy) is 3. The molecule has 26 heavy (non-hydrogen) atoms. The van der Waals surface area contributed by atoms with E-state index in [1.54, 1.807) is 42.2 Å². The molecule has 142 valence electrons. The Bertz CT molecular complexity index is 695. The van der Waals surface area contributed by atoms with Crippen LogP contribution in [-0.4, -0.2) is 80.8 Å². The van der Waals surface area contributed by atoms with Gasteiger partial charge in [0.2, 0.25) is 5.91 Å². The number of methoxy groups -OCH3 is 1. The van der Waals surface area contributed by atoms with E-state index in [0.29, 0.717) is 56.3 Å². The first-order valence-electron chi connectivity index (χ1n) is 8.66. The molecule has 2 heterocycles. The quantitative estimate of drug-likeness (QED) is 0.798. The molecule has 0 aliphatic carbocycles. The van der Waals surface area contributed by atoms with Gasteiger partial charge in [0.1, 0.15) is 30.3 Å². The average Bonchev–Trinajstić information content (AvgIpc) is 3.06. The number of carbonyl (C=O) groups is 2. The summed E-state index contributed by atoms with van der Waals surface area (Å²) in [5.74, 6) is 0.910. The molecule has 8 heteroatoms. The van der Waals surface area contributed by atoms with E-state index in [2.05, 4.69) is 0 Å². The molecule has 2 fully saturated rings. The average molecular weight is 363 g/mol. The topological polar surface area (TPSA) is 94.3 Å². The Kier molecular flexibility index (Phi) is 5.33. The molecular weight excluding hydrogens is 338 g/mol. The number of amides is 2. The zero-order chi connectivity index (χ0) is 18.7. The van der Waals surface area contributed by atoms with Crippen LogP contribution in [0.2, 0.25) is 0 Å². The number of nitrogens with zero attached hydrogens (tertiary/aromatic N) is 2. The van der Waals surface area contributed by atoms with E-state index in [1.807, 2.05) is 0 Å². The van der Waals surface area contributed by atoms with Crippen LogP contribution in [0.4, 0.5) is 0 Å². The largest absolute Gasteiger partial charge is 0.497 e. The number of hydrogen-bond acceptors (Lipinski definition) is 6. The maximum absolute atomic E-state index is 13.0. The smallest absolute Gasteiger partial charge is 0.257 e. The van der Waals surface area contributed by atoms with E-state index in [9.17, 15) is 9.59 Å². The fraction of sp³-hybridized carbons (Fsp3) is 0.556. The van der Waals surface area contributed by atoms with Gasteiger partial charge in [-0.1, -0.05) is 0 Å². The number of rotatable bonds is 5. The van der Waals surface area contributed by atoms with Gasteiger partial charge in [-0.2, -0.15) is 0 Å². The van der Waals surface area contributed by atoms with E-state index >= 15 is 0 Å². The molecule has 2 N–H and O–H groups in total. The molecule has 2 saturated heterocycles. The minimum absolute atomic E-state index is 0.0342. The summed E-state index contributed by atoms with van der Waals surface area (Å²) in [6.45, 7) is 2.25. The number of morpholine rings is 1. The van der Waals surface area contributed by atoms with Gasteiger partial charge in [-0.05, 0) is 18.6 Å². The van der Waals surface area contributed by atoms with Crippen molar-refractivity contribution in [3.05, 3.63) is 23.8 Å². The monoisotopic (exact) mass is 363 g/mol. The van der Waals surface area contributed by atoms with E-state index in [-0.39, 0.29) is 18.4 Å². The third kappa shape index (κ3) is 3.61. The second-order valence-corrected chi connectivity index (χ2v) is 6.70. The number of nitrogens with two attached hydrogens (primary N) is 1. The molecule has 3 rings (SSSR count). The lowest BCUT2D eigenvalue weighted by atomic mass is 10.0. The lowest BCUT2D eigenvalue weighted by molar-refractivity contribution is -0.158. The second kappa shape index (κ2) is 7.51. The standard InChI is InChI=1S/C18H25N3O5/c1-20-11-18(26-10-16(20)22)5-7-21(12-18)17(23)14-4-3-13(24-2)9-15(14)25-8-6-19/h3-4,9H,5-8,10-12,19H2,1-2H3/t18-/m1/s1. The van der Waals surface area contributed by atoms with Crippen molar-refractivity contribution in [3.63, 3.8) is 0 Å². The summed E-state index contributed by atoms with van der Waals surface area (Å²) >= 11 is 0. The Labute approximate surface area is 152 Å². The highest BCUT2D eigenvalue weighted by atomic mass is 16.5. The number of carbonyl (C=O) groups excluding carboxylic acids is 2. The van der Waals surface area contributed by atoms with Crippen LogP contribution in [0.3, 0.4) is 0 Å². The van der Waals surface area contributed by atoms with Crippen molar-refractivity contribution in [2.24, 2.45) is 5.73 Å². The first-order chi connectivity index (χ1) is 12.5. The first-order valence-corrected chi connectivity index (χ1v) is 8.66. The molecular formula is C18H25N3O5. The van der Waals surface area contributed by atoms with Crippen molar-refractivity contribution in [1.82, 2.24) is 9.80 Å². The minimum Gasteiger partial charge on any atom is -0.497 e. The maximum Gasteiger partial charge on any atom is 0.257 e. The molecule has 1 spiro atoms. The van der Waals surface area contributed by atoms with Crippen molar-refractivity contribution in [1.29, 1.82) is 0 Å². The van der Waals surface area contributed by atoms with Crippen molar-refractivity contribution < 1.29 is 23.8 Å². The summed E-state index contributed by atoms with van der Waals surface area (Å²) in [7, 11) is 3.32. The van der Waals surface area contributed by atoms with Crippen molar-refractivity contribution in [3.8, 4) is 11.5 Å². The molecule has 1 aromatic carbocycles. The molecule has 2 amide bonds. The third-order valence-corrected chi connectivity index (χ3v) is 4.85. The van der Waals surface area contributed by atoms with Crippen LogP contribution in [0.15, 0.2) is 18.2 Å². The number of benzene rings is 1. The van der Waals surface area contributed by atoms with Gasteiger partial charge < -0.3 is 29.7 Å². The molecule has 8 nitrogen and oxygen atoms in total. The molecule has 2 aliphatic rings. The Morgan fingerprint density at radius 2 is 2.19 bits per heavy atom. The van der Waals surface area contributed by atoms with Gasteiger partial charge in [-0.25, -0.2) is 0 Å². The predicted molar refractivity (Wildman–Crippen MR) is 94.4 cm³/mol. The number of hydrogen-bond donors (Lipinski definition) is 1. The van der Waals surface area contributed by atoms with Crippen LogP contribution in [0.5, 0.6) is 11.5 Å². The van der Waals surface area contributed by atoms with Gasteiger partial charge in [-0.15, -0.1) is 0 Å². The van der Waals surface area contributed by atoms with E-state index in [0.717, 1.165) is 0 Å². The lowest BCUT2D eigenvalue weighted by Crippen LogP contribution is -2.54. The third-order valence-electron chi connectivity index (χ3n) is 4.85. The molecule has 0 radical (unpaired) electrons. The first kappa shape index (κ1) is 18.5. The van der Waals surface area contributed by atoms with Gasteiger partial charge in [0.25, 0.3) is 5.91 Å². The highest BCUT2D eigenvalue weighted by Gasteiger charge is 2.45. The molecule has 1 atom stereocenters. The maximum atomic E-state index is 13.0. The molecule has 0 unspecified atom stereocenters. The van der Waals surface area contributed by atoms with Crippen LogP contribution in [0.1, 0.15) is 16.8 Å². The van der Waals surface area contributed by atoms with Crippen molar-refractivity contribution >= 4 is 11.8 Å². The summed E-state index contributed by atoms with van der Waals surface area (Å²) in [5.41, 5.74) is 5.50. The Morgan fingerprint density at radius 1 is 1.38 bits per heavy atom. The number of likely N-dealkylation sites (tertiary alicyclic amines) is 1. The molecule has 0 saturated carbocycles. The SMILES string of the molecule is COc1ccc(C(=O)N2CC[C@@]3(CN(C)C(=O)CO3)C2)c(OCCN)c1. The normalized spacial score (nSPS) is 22.8. The summed E-state index contributed by atoms with van der Waals surface area (Å²) in [4.78, 5) is 28.1. The fourth-order valence-electron chi connectivity index (χ4n) is 3.42. The zero-order valence-electron chi connectivity index (χ0n) is 15.2. The van der Waals surface area contributed by atoms with E-state index in [1.165, 1.54) is 0 Å². The van der Waals surface area contributed by atoms with Crippen LogP contribution in [-0.2, 0) is 9.53 Å². The summed E-state index contributed by atoms with van der Waals surface area (Å²) in [5, 5.41) is 0. The van der Waals surface area contributed by atoms with E-state index < -0.39 is 5.60 Å². The summed E-state index contributed by atoms with van der Waals surface area (Å²) in [6.07, 6.45) is 0.700. The van der Waals surface area contributed by atoms with Crippen molar-refractivity contribution in [2.75, 3.05) is 53.6 Å². The second-order valence-electron chi connectivity index (χ2n) is 6.70. The molecule has 0 aromatic heterocycles. The minimum atomic E-state index is -0.483. The van der Waals surface area contributed by atoms with Crippen LogP contribution in [0.25, 0.3) is 0 Å². The van der Waals surface area contributed by atoms with Crippen LogP contribution >= 0.6 is 0 Å². The van der Waals surface area contributed by atoms with Crippen LogP contribution < -0.4 is 15.2 Å².